The molecule has 2 rings (SSSR count). The molecule has 0 unspecified atom stereocenters. The summed E-state index contributed by atoms with van der Waals surface area (Å²) in [6, 6.07) is 18.2. The van der Waals surface area contributed by atoms with Gasteiger partial charge in [0.25, 0.3) is 0 Å². The molecule has 0 aliphatic rings. The monoisotopic (exact) mass is 410 g/mol. The van der Waals surface area contributed by atoms with Crippen LogP contribution in [-0.2, 0) is 19.1 Å². The first kappa shape index (κ1) is 23.4. The van der Waals surface area contributed by atoms with Gasteiger partial charge in [0.1, 0.15) is 0 Å². The van der Waals surface area contributed by atoms with Crippen molar-refractivity contribution in [3.05, 3.63) is 83.9 Å². The minimum atomic E-state index is -2.35. The van der Waals surface area contributed by atoms with E-state index in [9.17, 15) is 14.7 Å². The zero-order chi connectivity index (χ0) is 21.7. The Morgan fingerprint density at radius 1 is 0.767 bits per heavy atom. The molecule has 0 radical (unpaired) electrons. The van der Waals surface area contributed by atoms with E-state index in [2.05, 4.69) is 0 Å². The number of aliphatic hydroxyl groups excluding tert-OH is 1. The number of ether oxygens (including phenoxy) is 2. The maximum absolute atomic E-state index is 12.7. The third-order valence-corrected chi connectivity index (χ3v) is 4.19. The number of benzene rings is 2. The van der Waals surface area contributed by atoms with Gasteiger partial charge in [-0.15, -0.1) is 0 Å². The summed E-state index contributed by atoms with van der Waals surface area (Å²) in [7, 11) is 0. The lowest BCUT2D eigenvalue weighted by Crippen LogP contribution is -2.49. The highest BCUT2D eigenvalue weighted by Gasteiger charge is 2.41. The SMILES string of the molecule is O=C(/C=C/c1ccccc1)C(O)(COCCOCCO)C(=O)/C=C/c1ccccc1. The minimum absolute atomic E-state index is 0.0632. The summed E-state index contributed by atoms with van der Waals surface area (Å²) in [6.07, 6.45) is 5.42. The van der Waals surface area contributed by atoms with Crippen molar-refractivity contribution in [2.45, 2.75) is 5.60 Å². The van der Waals surface area contributed by atoms with Crippen LogP contribution in [0.25, 0.3) is 12.2 Å². The number of rotatable bonds is 13. The Morgan fingerprint density at radius 3 is 1.70 bits per heavy atom. The fraction of sp³-hybridized carbons (Fsp3) is 0.250. The van der Waals surface area contributed by atoms with Crippen LogP contribution in [0.1, 0.15) is 11.1 Å². The van der Waals surface area contributed by atoms with E-state index >= 15 is 0 Å². The highest BCUT2D eigenvalue weighted by molar-refractivity contribution is 6.20. The van der Waals surface area contributed by atoms with Gasteiger partial charge in [-0.05, 0) is 23.3 Å². The van der Waals surface area contributed by atoms with E-state index in [1.54, 1.807) is 24.3 Å². The Bertz CT molecular complexity index is 781. The molecule has 158 valence electrons. The van der Waals surface area contributed by atoms with Gasteiger partial charge in [-0.3, -0.25) is 9.59 Å². The van der Waals surface area contributed by atoms with Crippen LogP contribution >= 0.6 is 0 Å². The fourth-order valence-corrected chi connectivity index (χ4v) is 2.52. The molecule has 0 fully saturated rings. The second-order valence-electron chi connectivity index (χ2n) is 6.47. The predicted molar refractivity (Wildman–Crippen MR) is 115 cm³/mol. The Labute approximate surface area is 176 Å². The molecule has 0 saturated heterocycles. The summed E-state index contributed by atoms with van der Waals surface area (Å²) in [6.45, 7) is -0.238. The van der Waals surface area contributed by atoms with E-state index in [0.717, 1.165) is 11.1 Å². The maximum atomic E-state index is 12.7. The molecule has 6 heteroatoms. The molecule has 0 saturated carbocycles. The van der Waals surface area contributed by atoms with Gasteiger partial charge in [0.15, 0.2) is 11.6 Å². The van der Waals surface area contributed by atoms with Gasteiger partial charge in [-0.1, -0.05) is 72.8 Å². The molecular weight excluding hydrogens is 384 g/mol. The molecule has 0 aliphatic heterocycles. The molecule has 0 aromatic heterocycles. The van der Waals surface area contributed by atoms with Crippen molar-refractivity contribution in [1.29, 1.82) is 0 Å². The van der Waals surface area contributed by atoms with Gasteiger partial charge in [0.05, 0.1) is 33.0 Å². The Hall–Kier alpha value is -2.90. The van der Waals surface area contributed by atoms with Crippen LogP contribution in [0, 0.1) is 0 Å². The van der Waals surface area contributed by atoms with Crippen LogP contribution in [0.2, 0.25) is 0 Å². The summed E-state index contributed by atoms with van der Waals surface area (Å²) in [5.74, 6) is -1.55. The number of carbonyl (C=O) groups is 2. The molecule has 0 amide bonds. The van der Waals surface area contributed by atoms with Crippen LogP contribution in [0.3, 0.4) is 0 Å². The summed E-state index contributed by atoms with van der Waals surface area (Å²) in [4.78, 5) is 25.4. The molecule has 0 spiro atoms. The number of aliphatic hydroxyl groups is 2. The number of carbonyl (C=O) groups excluding carboxylic acids is 2. The third-order valence-electron chi connectivity index (χ3n) is 4.19. The topological polar surface area (TPSA) is 93.1 Å². The summed E-state index contributed by atoms with van der Waals surface area (Å²) < 4.78 is 10.4. The quantitative estimate of drug-likeness (QED) is 0.299. The second-order valence-corrected chi connectivity index (χ2v) is 6.47. The van der Waals surface area contributed by atoms with Crippen molar-refractivity contribution in [2.24, 2.45) is 0 Å². The van der Waals surface area contributed by atoms with Crippen molar-refractivity contribution in [3.63, 3.8) is 0 Å². The Kier molecular flexibility index (Phi) is 9.83. The lowest BCUT2D eigenvalue weighted by atomic mass is 9.92. The van der Waals surface area contributed by atoms with E-state index < -0.39 is 23.8 Å². The number of hydrogen-bond donors (Lipinski definition) is 2. The molecule has 2 aromatic rings. The van der Waals surface area contributed by atoms with Crippen LogP contribution in [0.15, 0.2) is 72.8 Å². The zero-order valence-electron chi connectivity index (χ0n) is 16.6. The molecule has 0 aliphatic carbocycles. The van der Waals surface area contributed by atoms with Gasteiger partial charge < -0.3 is 19.7 Å². The molecule has 0 atom stereocenters. The van der Waals surface area contributed by atoms with Crippen molar-refractivity contribution in [1.82, 2.24) is 0 Å². The first-order valence-electron chi connectivity index (χ1n) is 9.60. The molecule has 2 aromatic carbocycles. The smallest absolute Gasteiger partial charge is 0.212 e. The first-order chi connectivity index (χ1) is 14.6. The third kappa shape index (κ3) is 7.50. The van der Waals surface area contributed by atoms with E-state index in [1.807, 2.05) is 36.4 Å². The van der Waals surface area contributed by atoms with Crippen LogP contribution < -0.4 is 0 Å². The zero-order valence-corrected chi connectivity index (χ0v) is 16.6. The normalized spacial score (nSPS) is 11.9. The molecule has 30 heavy (non-hydrogen) atoms. The van der Waals surface area contributed by atoms with Gasteiger partial charge in [-0.2, -0.15) is 0 Å². The van der Waals surface area contributed by atoms with Gasteiger partial charge >= 0.3 is 0 Å². The Balaban J connectivity index is 2.11. The molecule has 0 heterocycles. The standard InChI is InChI=1S/C24H26O6/c25-15-16-29-17-18-30-19-24(28,22(26)13-11-20-7-3-1-4-8-20)23(27)14-12-21-9-5-2-6-10-21/h1-14,25,28H,15-19H2/b13-11+,14-12+. The Morgan fingerprint density at radius 2 is 1.23 bits per heavy atom. The van der Waals surface area contributed by atoms with E-state index in [1.165, 1.54) is 24.3 Å². The number of hydrogen-bond acceptors (Lipinski definition) is 6. The van der Waals surface area contributed by atoms with Crippen molar-refractivity contribution in [2.75, 3.05) is 33.0 Å². The maximum Gasteiger partial charge on any atom is 0.212 e. The van der Waals surface area contributed by atoms with Crippen LogP contribution in [0.5, 0.6) is 0 Å². The first-order valence-corrected chi connectivity index (χ1v) is 9.60. The average molecular weight is 410 g/mol. The fourth-order valence-electron chi connectivity index (χ4n) is 2.52. The van der Waals surface area contributed by atoms with Gasteiger partial charge in [0, 0.05) is 0 Å². The highest BCUT2D eigenvalue weighted by atomic mass is 16.5. The number of ketones is 2. The van der Waals surface area contributed by atoms with Crippen molar-refractivity contribution in [3.8, 4) is 0 Å². The van der Waals surface area contributed by atoms with E-state index in [4.69, 9.17) is 14.6 Å². The van der Waals surface area contributed by atoms with Crippen LogP contribution in [-0.4, -0.2) is 60.4 Å². The lowest BCUT2D eigenvalue weighted by Gasteiger charge is -2.22. The highest BCUT2D eigenvalue weighted by Crippen LogP contribution is 2.14. The minimum Gasteiger partial charge on any atom is -0.394 e. The van der Waals surface area contributed by atoms with E-state index in [-0.39, 0.29) is 26.4 Å². The van der Waals surface area contributed by atoms with Crippen molar-refractivity contribution >= 4 is 23.7 Å². The summed E-state index contributed by atoms with van der Waals surface area (Å²) >= 11 is 0. The van der Waals surface area contributed by atoms with Crippen LogP contribution in [0.4, 0.5) is 0 Å². The van der Waals surface area contributed by atoms with Crippen molar-refractivity contribution < 1.29 is 29.3 Å². The molecular formula is C24H26O6. The second kappa shape index (κ2) is 12.6. The molecule has 6 nitrogen and oxygen atoms in total. The summed E-state index contributed by atoms with van der Waals surface area (Å²) in [5.41, 5.74) is -0.828. The average Bonchev–Trinajstić information content (AvgIpc) is 2.79. The van der Waals surface area contributed by atoms with Gasteiger partial charge in [0.2, 0.25) is 5.60 Å². The van der Waals surface area contributed by atoms with E-state index in [0.29, 0.717) is 0 Å². The predicted octanol–water partition coefficient (Wildman–Crippen LogP) is 2.31. The largest absolute Gasteiger partial charge is 0.394 e. The molecule has 2 N–H and O–H groups in total. The van der Waals surface area contributed by atoms with Gasteiger partial charge in [-0.25, -0.2) is 0 Å². The molecule has 0 bridgehead atoms. The lowest BCUT2D eigenvalue weighted by molar-refractivity contribution is -0.151. The summed E-state index contributed by atoms with van der Waals surface area (Å²) in [5, 5.41) is 19.6.